The zero-order valence-corrected chi connectivity index (χ0v) is 13.0. The number of rotatable bonds is 7. The molecule has 1 rings (SSSR count). The predicted molar refractivity (Wildman–Crippen MR) is 82.9 cm³/mol. The zero-order chi connectivity index (χ0) is 14.3. The number of benzene rings is 1. The van der Waals surface area contributed by atoms with Gasteiger partial charge in [-0.25, -0.2) is 0 Å². The number of nitrogens with one attached hydrogen (secondary N) is 1. The molecular formula is C13H17IN2O3. The molecule has 1 amide bonds. The van der Waals surface area contributed by atoms with Crippen LogP contribution in [0, 0.1) is 17.0 Å². The number of amides is 1. The van der Waals surface area contributed by atoms with Gasteiger partial charge in [0.2, 0.25) is 0 Å². The molecule has 19 heavy (non-hydrogen) atoms. The summed E-state index contributed by atoms with van der Waals surface area (Å²) in [4.78, 5) is 22.0. The maximum atomic E-state index is 11.9. The van der Waals surface area contributed by atoms with E-state index in [1.54, 1.807) is 6.92 Å². The van der Waals surface area contributed by atoms with Gasteiger partial charge in [-0.3, -0.25) is 14.9 Å². The molecule has 0 bridgehead atoms. The van der Waals surface area contributed by atoms with Crippen LogP contribution in [0.2, 0.25) is 0 Å². The van der Waals surface area contributed by atoms with Crippen LogP contribution in [0.3, 0.4) is 0 Å². The minimum Gasteiger partial charge on any atom is -0.352 e. The number of hydrogen-bond donors (Lipinski definition) is 1. The number of hydrogen-bond acceptors (Lipinski definition) is 3. The Hall–Kier alpha value is -1.18. The lowest BCUT2D eigenvalue weighted by Crippen LogP contribution is -2.25. The van der Waals surface area contributed by atoms with Crippen LogP contribution in [0.15, 0.2) is 18.2 Å². The van der Waals surface area contributed by atoms with Crippen LogP contribution in [0.5, 0.6) is 0 Å². The minimum absolute atomic E-state index is 0.0103. The van der Waals surface area contributed by atoms with Crippen molar-refractivity contribution < 1.29 is 9.72 Å². The number of nitro groups is 1. The lowest BCUT2D eigenvalue weighted by molar-refractivity contribution is -0.384. The Labute approximate surface area is 126 Å². The van der Waals surface area contributed by atoms with Gasteiger partial charge in [0.1, 0.15) is 0 Å². The number of carbonyl (C=O) groups is 1. The molecule has 104 valence electrons. The third-order valence-corrected chi connectivity index (χ3v) is 3.52. The van der Waals surface area contributed by atoms with E-state index in [4.69, 9.17) is 0 Å². The van der Waals surface area contributed by atoms with Crippen molar-refractivity contribution in [3.05, 3.63) is 39.4 Å². The largest absolute Gasteiger partial charge is 0.352 e. The van der Waals surface area contributed by atoms with E-state index in [2.05, 4.69) is 27.9 Å². The van der Waals surface area contributed by atoms with Crippen molar-refractivity contribution in [2.75, 3.05) is 11.0 Å². The molecule has 0 saturated heterocycles. The summed E-state index contributed by atoms with van der Waals surface area (Å²) >= 11 is 2.33. The van der Waals surface area contributed by atoms with Crippen molar-refractivity contribution in [1.82, 2.24) is 5.32 Å². The Balaban J connectivity index is 2.55. The molecule has 0 saturated carbocycles. The van der Waals surface area contributed by atoms with Gasteiger partial charge in [-0.2, -0.15) is 0 Å². The average Bonchev–Trinajstić information content (AvgIpc) is 2.38. The van der Waals surface area contributed by atoms with Gasteiger partial charge >= 0.3 is 0 Å². The number of halogens is 1. The molecule has 0 heterocycles. The molecule has 1 aromatic rings. The molecule has 0 aliphatic carbocycles. The fraction of sp³-hybridized carbons (Fsp3) is 0.462. The van der Waals surface area contributed by atoms with Crippen LogP contribution in [0.25, 0.3) is 0 Å². The quantitative estimate of drug-likeness (QED) is 0.261. The number of non-ortho nitro benzene ring substituents is 1. The molecule has 0 aliphatic heterocycles. The van der Waals surface area contributed by atoms with Crippen LogP contribution >= 0.6 is 22.6 Å². The predicted octanol–water partition coefficient (Wildman–Crippen LogP) is 3.24. The minimum atomic E-state index is -0.460. The van der Waals surface area contributed by atoms with Crippen molar-refractivity contribution >= 4 is 34.2 Å². The second kappa shape index (κ2) is 8.08. The highest BCUT2D eigenvalue weighted by Crippen LogP contribution is 2.17. The summed E-state index contributed by atoms with van der Waals surface area (Å²) in [6.07, 6.45) is 3.22. The molecule has 0 aromatic heterocycles. The van der Waals surface area contributed by atoms with Crippen LogP contribution in [-0.4, -0.2) is 21.8 Å². The lowest BCUT2D eigenvalue weighted by atomic mass is 10.1. The van der Waals surface area contributed by atoms with Gasteiger partial charge in [0.05, 0.1) is 4.92 Å². The first-order valence-electron chi connectivity index (χ1n) is 6.15. The number of nitrogens with zero attached hydrogens (tertiary/aromatic N) is 1. The number of nitro benzene ring substituents is 1. The molecule has 0 fully saturated rings. The van der Waals surface area contributed by atoms with Gasteiger partial charge in [0.15, 0.2) is 0 Å². The highest BCUT2D eigenvalue weighted by Gasteiger charge is 2.12. The summed E-state index contributed by atoms with van der Waals surface area (Å²) < 4.78 is 1.13. The maximum absolute atomic E-state index is 11.9. The van der Waals surface area contributed by atoms with Gasteiger partial charge in [-0.15, -0.1) is 0 Å². The van der Waals surface area contributed by atoms with Gasteiger partial charge in [-0.1, -0.05) is 29.0 Å². The third kappa shape index (κ3) is 5.14. The van der Waals surface area contributed by atoms with Crippen LogP contribution < -0.4 is 5.32 Å². The smallest absolute Gasteiger partial charge is 0.269 e. The number of aryl methyl sites for hydroxylation is 1. The topological polar surface area (TPSA) is 72.2 Å². The Bertz CT molecular complexity index is 463. The van der Waals surface area contributed by atoms with E-state index in [1.807, 2.05) is 0 Å². The molecule has 0 radical (unpaired) electrons. The lowest BCUT2D eigenvalue weighted by Gasteiger charge is -2.07. The summed E-state index contributed by atoms with van der Waals surface area (Å²) in [7, 11) is 0. The van der Waals surface area contributed by atoms with Crippen LogP contribution in [-0.2, 0) is 0 Å². The molecule has 6 heteroatoms. The first-order chi connectivity index (χ1) is 9.06. The van der Waals surface area contributed by atoms with E-state index in [0.29, 0.717) is 17.7 Å². The molecule has 5 nitrogen and oxygen atoms in total. The van der Waals surface area contributed by atoms with Crippen LogP contribution in [0.4, 0.5) is 5.69 Å². The summed E-state index contributed by atoms with van der Waals surface area (Å²) in [5, 5.41) is 13.4. The van der Waals surface area contributed by atoms with E-state index in [0.717, 1.165) is 23.7 Å². The van der Waals surface area contributed by atoms with Crippen molar-refractivity contribution in [2.24, 2.45) is 0 Å². The maximum Gasteiger partial charge on any atom is 0.269 e. The summed E-state index contributed by atoms with van der Waals surface area (Å²) in [6, 6.07) is 4.29. The fourth-order valence-electron chi connectivity index (χ4n) is 1.71. The van der Waals surface area contributed by atoms with E-state index in [1.165, 1.54) is 18.2 Å². The highest BCUT2D eigenvalue weighted by molar-refractivity contribution is 14.1. The highest BCUT2D eigenvalue weighted by atomic mass is 127. The Morgan fingerprint density at radius 1 is 1.37 bits per heavy atom. The second-order valence-electron chi connectivity index (χ2n) is 4.26. The summed E-state index contributed by atoms with van der Waals surface area (Å²) in [5.41, 5.74) is 1.13. The van der Waals surface area contributed by atoms with E-state index >= 15 is 0 Å². The van der Waals surface area contributed by atoms with Gasteiger partial charge < -0.3 is 5.32 Å². The molecule has 0 spiro atoms. The Morgan fingerprint density at radius 2 is 2.11 bits per heavy atom. The number of alkyl halides is 1. The van der Waals surface area contributed by atoms with Crippen molar-refractivity contribution in [3.8, 4) is 0 Å². The average molecular weight is 376 g/mol. The molecule has 1 aromatic carbocycles. The van der Waals surface area contributed by atoms with Crippen LogP contribution in [0.1, 0.15) is 35.2 Å². The van der Waals surface area contributed by atoms with Gasteiger partial charge in [0.25, 0.3) is 11.6 Å². The SMILES string of the molecule is Cc1cc([N+](=O)[O-])ccc1C(=O)NCCCCCI. The molecule has 1 N–H and O–H groups in total. The normalized spacial score (nSPS) is 10.2. The summed E-state index contributed by atoms with van der Waals surface area (Å²) in [6.45, 7) is 2.35. The second-order valence-corrected chi connectivity index (χ2v) is 5.34. The van der Waals surface area contributed by atoms with E-state index < -0.39 is 4.92 Å². The third-order valence-electron chi connectivity index (χ3n) is 2.76. The Morgan fingerprint density at radius 3 is 2.68 bits per heavy atom. The van der Waals surface area contributed by atoms with Crippen molar-refractivity contribution in [3.63, 3.8) is 0 Å². The summed E-state index contributed by atoms with van der Waals surface area (Å²) in [5.74, 6) is -0.165. The zero-order valence-electron chi connectivity index (χ0n) is 10.8. The number of carbonyl (C=O) groups excluding carboxylic acids is 1. The molecule has 0 aliphatic rings. The van der Waals surface area contributed by atoms with Crippen molar-refractivity contribution in [2.45, 2.75) is 26.2 Å². The standard InChI is InChI=1S/C13H17IN2O3/c1-10-9-11(16(18)19)5-6-12(10)13(17)15-8-4-2-3-7-14/h5-6,9H,2-4,7-8H2,1H3,(H,15,17). The number of unbranched alkanes of at least 4 members (excludes halogenated alkanes) is 2. The molecule has 0 atom stereocenters. The molecular weight excluding hydrogens is 359 g/mol. The van der Waals surface area contributed by atoms with E-state index in [-0.39, 0.29) is 11.6 Å². The van der Waals surface area contributed by atoms with Gasteiger partial charge in [0, 0.05) is 24.2 Å². The Kier molecular flexibility index (Phi) is 6.75. The van der Waals surface area contributed by atoms with Gasteiger partial charge in [-0.05, 0) is 35.8 Å². The molecule has 0 unspecified atom stereocenters. The fourth-order valence-corrected chi connectivity index (χ4v) is 2.25. The first kappa shape index (κ1) is 15.9. The monoisotopic (exact) mass is 376 g/mol. The van der Waals surface area contributed by atoms with E-state index in [9.17, 15) is 14.9 Å². The van der Waals surface area contributed by atoms with Crippen molar-refractivity contribution in [1.29, 1.82) is 0 Å². The first-order valence-corrected chi connectivity index (χ1v) is 7.68.